The van der Waals surface area contributed by atoms with Gasteiger partial charge in [-0.3, -0.25) is 9.78 Å². The number of nitrogens with one attached hydrogen (secondary N) is 1. The first-order chi connectivity index (χ1) is 12.9. The number of aromatic nitrogens is 1. The van der Waals surface area contributed by atoms with Crippen LogP contribution in [-0.2, 0) is 4.74 Å². The summed E-state index contributed by atoms with van der Waals surface area (Å²) in [5, 5.41) is 14.3. The summed E-state index contributed by atoms with van der Waals surface area (Å²) in [6, 6.07) is 3.59. The molecule has 0 unspecified atom stereocenters. The number of carbonyl (C=O) groups is 1. The van der Waals surface area contributed by atoms with Gasteiger partial charge in [0.25, 0.3) is 5.91 Å². The largest absolute Gasteiger partial charge is 0.388 e. The Morgan fingerprint density at radius 1 is 1.41 bits per heavy atom. The first-order valence-electron chi connectivity index (χ1n) is 9.67. The number of rotatable bonds is 5. The molecule has 6 nitrogen and oxygen atoms in total. The molecule has 3 rings (SSSR count). The van der Waals surface area contributed by atoms with Crippen molar-refractivity contribution in [1.29, 1.82) is 0 Å². The van der Waals surface area contributed by atoms with E-state index < -0.39 is 17.2 Å². The molecule has 2 aliphatic rings. The lowest BCUT2D eigenvalue weighted by atomic mass is 9.73. The van der Waals surface area contributed by atoms with Gasteiger partial charge in [-0.15, -0.1) is 0 Å². The molecule has 0 saturated carbocycles. The van der Waals surface area contributed by atoms with Crippen molar-refractivity contribution < 1.29 is 14.6 Å². The number of pyridine rings is 1. The van der Waals surface area contributed by atoms with E-state index in [-0.39, 0.29) is 5.91 Å². The van der Waals surface area contributed by atoms with Crippen molar-refractivity contribution in [3.8, 4) is 0 Å². The highest BCUT2D eigenvalue weighted by Crippen LogP contribution is 2.40. The third-order valence-corrected chi connectivity index (χ3v) is 6.59. The van der Waals surface area contributed by atoms with Gasteiger partial charge in [0.2, 0.25) is 0 Å². The number of aryl methyl sites for hydroxylation is 1. The summed E-state index contributed by atoms with van der Waals surface area (Å²) in [5.41, 5.74) is 0.112. The van der Waals surface area contributed by atoms with Crippen LogP contribution in [0, 0.1) is 6.92 Å². The zero-order valence-corrected chi connectivity index (χ0v) is 17.3. The molecule has 0 aromatic carbocycles. The van der Waals surface area contributed by atoms with Crippen LogP contribution >= 0.6 is 11.8 Å². The summed E-state index contributed by atoms with van der Waals surface area (Å²) in [4.78, 5) is 19.3. The van der Waals surface area contributed by atoms with E-state index in [1.165, 1.54) is 0 Å². The van der Waals surface area contributed by atoms with Gasteiger partial charge in [-0.05, 0) is 51.5 Å². The molecule has 2 aliphatic heterocycles. The Kier molecular flexibility index (Phi) is 6.46. The van der Waals surface area contributed by atoms with Gasteiger partial charge in [0, 0.05) is 43.9 Å². The lowest BCUT2D eigenvalue weighted by Gasteiger charge is -2.53. The smallest absolute Gasteiger partial charge is 0.253 e. The molecule has 27 heavy (non-hydrogen) atoms. The minimum Gasteiger partial charge on any atom is -0.388 e. The number of hydrogen-bond acceptors (Lipinski definition) is 6. The Bertz CT molecular complexity index is 646. The van der Waals surface area contributed by atoms with E-state index in [9.17, 15) is 9.90 Å². The van der Waals surface area contributed by atoms with E-state index in [1.54, 1.807) is 12.3 Å². The Morgan fingerprint density at radius 2 is 2.15 bits per heavy atom. The van der Waals surface area contributed by atoms with Crippen molar-refractivity contribution >= 4 is 17.7 Å². The Morgan fingerprint density at radius 3 is 2.78 bits per heavy atom. The highest BCUT2D eigenvalue weighted by molar-refractivity contribution is 7.98. The van der Waals surface area contributed by atoms with Crippen LogP contribution in [-0.4, -0.2) is 76.4 Å². The summed E-state index contributed by atoms with van der Waals surface area (Å²) in [6.07, 6.45) is 5.15. The maximum absolute atomic E-state index is 12.7. The molecule has 3 heterocycles. The highest BCUT2D eigenvalue weighted by Gasteiger charge is 2.53. The molecule has 2 N–H and O–H groups in total. The van der Waals surface area contributed by atoms with Crippen LogP contribution in [0.3, 0.4) is 0 Å². The molecule has 2 fully saturated rings. The second-order valence-corrected chi connectivity index (χ2v) is 8.95. The van der Waals surface area contributed by atoms with E-state index in [1.807, 2.05) is 31.7 Å². The van der Waals surface area contributed by atoms with Gasteiger partial charge in [-0.1, -0.05) is 0 Å². The number of nitrogens with zero attached hydrogens (tertiary/aromatic N) is 2. The lowest BCUT2D eigenvalue weighted by Crippen LogP contribution is -2.69. The second kappa shape index (κ2) is 8.47. The average Bonchev–Trinajstić information content (AvgIpc) is 2.66. The Labute approximate surface area is 166 Å². The zero-order valence-electron chi connectivity index (χ0n) is 16.5. The lowest BCUT2D eigenvalue weighted by molar-refractivity contribution is -0.205. The second-order valence-electron chi connectivity index (χ2n) is 7.96. The standard InChI is InChI=1S/C20H31N3O3S/c1-15-4-5-16(14-21-15)17(24)22-19(2)8-12-26-20(18(19)25)6-9-23(10-7-20)11-13-27-3/h4-5,14,18,25H,6-13H2,1-3H3,(H,22,24)/t18-,19+/m1/s1. The van der Waals surface area contributed by atoms with Crippen molar-refractivity contribution in [1.82, 2.24) is 15.2 Å². The van der Waals surface area contributed by atoms with Crippen LogP contribution in [0.15, 0.2) is 18.3 Å². The van der Waals surface area contributed by atoms with Crippen LogP contribution in [0.25, 0.3) is 0 Å². The van der Waals surface area contributed by atoms with Crippen molar-refractivity contribution in [3.05, 3.63) is 29.6 Å². The van der Waals surface area contributed by atoms with Gasteiger partial charge in [0.1, 0.15) is 6.10 Å². The van der Waals surface area contributed by atoms with E-state index >= 15 is 0 Å². The van der Waals surface area contributed by atoms with E-state index in [4.69, 9.17) is 4.74 Å². The molecule has 2 atom stereocenters. The van der Waals surface area contributed by atoms with Crippen molar-refractivity contribution in [2.24, 2.45) is 0 Å². The van der Waals surface area contributed by atoms with Crippen LogP contribution in [0.1, 0.15) is 42.2 Å². The van der Waals surface area contributed by atoms with E-state index in [0.29, 0.717) is 18.6 Å². The number of carbonyl (C=O) groups excluding carboxylic acids is 1. The molecule has 1 spiro atoms. The first-order valence-corrected chi connectivity index (χ1v) is 11.1. The average molecular weight is 394 g/mol. The molecule has 150 valence electrons. The third-order valence-electron chi connectivity index (χ3n) is 6.00. The number of aliphatic hydroxyl groups is 1. The van der Waals surface area contributed by atoms with Crippen LogP contribution in [0.2, 0.25) is 0 Å². The SMILES string of the molecule is CSCCN1CCC2(CC1)OCC[C@](C)(NC(=O)c1ccc(C)nc1)[C@H]2O. The van der Waals surface area contributed by atoms with Crippen molar-refractivity contribution in [2.45, 2.75) is 50.4 Å². The third kappa shape index (κ3) is 4.47. The van der Waals surface area contributed by atoms with E-state index in [0.717, 1.165) is 43.9 Å². The summed E-state index contributed by atoms with van der Waals surface area (Å²) in [7, 11) is 0. The van der Waals surface area contributed by atoms with Crippen LogP contribution in [0.5, 0.6) is 0 Å². The molecule has 2 saturated heterocycles. The molecule has 1 aromatic rings. The number of aliphatic hydroxyl groups excluding tert-OH is 1. The monoisotopic (exact) mass is 393 g/mol. The highest BCUT2D eigenvalue weighted by atomic mass is 32.2. The molecular weight excluding hydrogens is 362 g/mol. The maximum Gasteiger partial charge on any atom is 0.253 e. The molecule has 0 radical (unpaired) electrons. The molecule has 1 amide bonds. The molecule has 1 aromatic heterocycles. The normalized spacial score (nSPS) is 28.2. The topological polar surface area (TPSA) is 74.7 Å². The fourth-order valence-electron chi connectivity index (χ4n) is 4.12. The molecule has 0 bridgehead atoms. The van der Waals surface area contributed by atoms with E-state index in [2.05, 4.69) is 21.5 Å². The fraction of sp³-hybridized carbons (Fsp3) is 0.700. The van der Waals surface area contributed by atoms with Crippen LogP contribution < -0.4 is 5.32 Å². The number of amides is 1. The molecule has 0 aliphatic carbocycles. The van der Waals surface area contributed by atoms with Crippen molar-refractivity contribution in [3.63, 3.8) is 0 Å². The summed E-state index contributed by atoms with van der Waals surface area (Å²) in [5.74, 6) is 0.924. The van der Waals surface area contributed by atoms with Gasteiger partial charge in [0.15, 0.2) is 0 Å². The minimum absolute atomic E-state index is 0.196. The fourth-order valence-corrected chi connectivity index (χ4v) is 4.56. The zero-order chi connectivity index (χ0) is 19.5. The summed E-state index contributed by atoms with van der Waals surface area (Å²) >= 11 is 1.85. The molecule has 7 heteroatoms. The van der Waals surface area contributed by atoms with Gasteiger partial charge in [-0.25, -0.2) is 0 Å². The predicted octanol–water partition coefficient (Wildman–Crippen LogP) is 1.86. The van der Waals surface area contributed by atoms with Crippen LogP contribution in [0.4, 0.5) is 0 Å². The number of piperidine rings is 1. The Hall–Kier alpha value is -1.15. The van der Waals surface area contributed by atoms with Gasteiger partial charge < -0.3 is 20.1 Å². The van der Waals surface area contributed by atoms with Gasteiger partial charge >= 0.3 is 0 Å². The van der Waals surface area contributed by atoms with Gasteiger partial charge in [-0.2, -0.15) is 11.8 Å². The number of hydrogen-bond donors (Lipinski definition) is 2. The molecular formula is C20H31N3O3S. The van der Waals surface area contributed by atoms with Crippen molar-refractivity contribution in [2.75, 3.05) is 38.2 Å². The van der Waals surface area contributed by atoms with Gasteiger partial charge in [0.05, 0.1) is 16.7 Å². The number of thioether (sulfide) groups is 1. The maximum atomic E-state index is 12.7. The minimum atomic E-state index is -0.733. The predicted molar refractivity (Wildman–Crippen MR) is 108 cm³/mol. The number of ether oxygens (including phenoxy) is 1. The summed E-state index contributed by atoms with van der Waals surface area (Å²) < 4.78 is 6.12. The first kappa shape index (κ1) is 20.6. The number of likely N-dealkylation sites (tertiary alicyclic amines) is 1. The Balaban J connectivity index is 1.67. The summed E-state index contributed by atoms with van der Waals surface area (Å²) in [6.45, 7) is 7.28. The quantitative estimate of drug-likeness (QED) is 0.795.